The second-order valence-electron chi connectivity index (χ2n) is 6.53. The normalized spacial score (nSPS) is 12.5. The molecule has 30 heavy (non-hydrogen) atoms. The fraction of sp³-hybridized carbons (Fsp3) is 0.263. The number of benzene rings is 2. The smallest absolute Gasteiger partial charge is 0.419 e. The zero-order chi connectivity index (χ0) is 21.9. The first-order valence-corrected chi connectivity index (χ1v) is 10.3. The Kier molecular flexibility index (Phi) is 6.13. The predicted molar refractivity (Wildman–Crippen MR) is 101 cm³/mol. The molecule has 0 saturated carbocycles. The van der Waals surface area contributed by atoms with Gasteiger partial charge in [0.15, 0.2) is 0 Å². The van der Waals surface area contributed by atoms with Crippen molar-refractivity contribution in [3.05, 3.63) is 60.5 Å². The monoisotopic (exact) mass is 441 g/mol. The molecule has 3 rings (SSSR count). The Hall–Kier alpha value is -2.92. The number of halogens is 3. The minimum Gasteiger partial charge on any atom is -0.419 e. The Bertz CT molecular complexity index is 1080. The molecule has 0 atom stereocenters. The predicted octanol–water partition coefficient (Wildman–Crippen LogP) is 4.23. The highest BCUT2D eigenvalue weighted by molar-refractivity contribution is 7.89. The summed E-state index contributed by atoms with van der Waals surface area (Å²) in [6.45, 7) is 3.13. The molecule has 0 spiro atoms. The van der Waals surface area contributed by atoms with E-state index in [1.165, 1.54) is 0 Å². The molecule has 0 radical (unpaired) electrons. The molecule has 0 fully saturated rings. The van der Waals surface area contributed by atoms with Crippen molar-refractivity contribution in [3.63, 3.8) is 0 Å². The van der Waals surface area contributed by atoms with Crippen molar-refractivity contribution in [2.24, 2.45) is 0 Å². The van der Waals surface area contributed by atoms with Crippen molar-refractivity contribution in [3.8, 4) is 17.2 Å². The van der Waals surface area contributed by atoms with E-state index in [0.29, 0.717) is 5.56 Å². The van der Waals surface area contributed by atoms with Crippen LogP contribution in [0.4, 0.5) is 13.2 Å². The number of hydrogen-bond donors (Lipinski definition) is 0. The van der Waals surface area contributed by atoms with Crippen molar-refractivity contribution >= 4 is 10.0 Å². The molecule has 1 heterocycles. The van der Waals surface area contributed by atoms with Gasteiger partial charge in [0.05, 0.1) is 11.4 Å². The van der Waals surface area contributed by atoms with Crippen molar-refractivity contribution < 1.29 is 30.7 Å². The van der Waals surface area contributed by atoms with Crippen molar-refractivity contribution in [1.82, 2.24) is 14.5 Å². The average Bonchev–Trinajstić information content (AvgIpc) is 3.14. The van der Waals surface area contributed by atoms with Crippen LogP contribution in [0.1, 0.15) is 19.7 Å². The Balaban J connectivity index is 1.82. The molecule has 0 aliphatic rings. The van der Waals surface area contributed by atoms with Crippen LogP contribution in [-0.2, 0) is 16.6 Å². The summed E-state index contributed by atoms with van der Waals surface area (Å²) < 4.78 is 73.4. The van der Waals surface area contributed by atoms with Gasteiger partial charge in [0.1, 0.15) is 5.75 Å². The minimum atomic E-state index is -4.86. The third kappa shape index (κ3) is 5.16. The average molecular weight is 441 g/mol. The lowest BCUT2D eigenvalue weighted by molar-refractivity contribution is -0.274. The standard InChI is InChI=1S/C19H18F3N3O4S/c1-13(2)25(12-17-23-24-18(28-17)14-6-4-3-5-7-14)30(26,27)16-10-8-15(9-11-16)29-19(20,21)22/h3-11,13H,12H2,1-2H3. The topological polar surface area (TPSA) is 85.5 Å². The van der Waals surface area contributed by atoms with Gasteiger partial charge in [-0.3, -0.25) is 0 Å². The molecule has 0 N–H and O–H groups in total. The van der Waals surface area contributed by atoms with Crippen molar-refractivity contribution in [2.75, 3.05) is 0 Å². The van der Waals surface area contributed by atoms with Gasteiger partial charge in [0.25, 0.3) is 0 Å². The number of rotatable bonds is 7. The zero-order valence-corrected chi connectivity index (χ0v) is 16.8. The van der Waals surface area contributed by atoms with E-state index in [0.717, 1.165) is 28.6 Å². The van der Waals surface area contributed by atoms with Crippen LogP contribution in [0.2, 0.25) is 0 Å². The van der Waals surface area contributed by atoms with Crippen LogP contribution < -0.4 is 4.74 Å². The SMILES string of the molecule is CC(C)N(Cc1nnc(-c2ccccc2)o1)S(=O)(=O)c1ccc(OC(F)(F)F)cc1. The number of nitrogens with zero attached hydrogens (tertiary/aromatic N) is 3. The molecule has 11 heteroatoms. The van der Waals surface area contributed by atoms with Crippen LogP contribution in [0.3, 0.4) is 0 Å². The molecular weight excluding hydrogens is 423 g/mol. The van der Waals surface area contributed by atoms with E-state index in [2.05, 4.69) is 14.9 Å². The maximum absolute atomic E-state index is 13.0. The fourth-order valence-corrected chi connectivity index (χ4v) is 4.23. The van der Waals surface area contributed by atoms with E-state index < -0.39 is 28.2 Å². The molecule has 0 bridgehead atoms. The molecule has 0 amide bonds. The van der Waals surface area contributed by atoms with Crippen LogP contribution in [0.5, 0.6) is 5.75 Å². The summed E-state index contributed by atoms with van der Waals surface area (Å²) in [6, 6.07) is 12.5. The number of alkyl halides is 3. The van der Waals surface area contributed by atoms with Crippen LogP contribution in [0.15, 0.2) is 63.9 Å². The minimum absolute atomic E-state index is 0.0863. The van der Waals surface area contributed by atoms with Crippen LogP contribution in [0.25, 0.3) is 11.5 Å². The highest BCUT2D eigenvalue weighted by atomic mass is 32.2. The molecule has 2 aromatic carbocycles. The van der Waals surface area contributed by atoms with Crippen molar-refractivity contribution in [1.29, 1.82) is 0 Å². The molecule has 0 unspecified atom stereocenters. The number of sulfonamides is 1. The molecule has 0 saturated heterocycles. The van der Waals surface area contributed by atoms with Gasteiger partial charge in [-0.25, -0.2) is 8.42 Å². The van der Waals surface area contributed by atoms with E-state index in [-0.39, 0.29) is 23.2 Å². The maximum atomic E-state index is 13.0. The van der Waals surface area contributed by atoms with Gasteiger partial charge in [0, 0.05) is 11.6 Å². The Morgan fingerprint density at radius 3 is 2.23 bits per heavy atom. The molecule has 160 valence electrons. The Morgan fingerprint density at radius 2 is 1.67 bits per heavy atom. The van der Waals surface area contributed by atoms with Crippen LogP contribution in [-0.4, -0.2) is 35.3 Å². The molecule has 0 aliphatic carbocycles. The number of ether oxygens (including phenoxy) is 1. The lowest BCUT2D eigenvalue weighted by Gasteiger charge is -2.24. The molecule has 3 aromatic rings. The lowest BCUT2D eigenvalue weighted by Crippen LogP contribution is -2.36. The lowest BCUT2D eigenvalue weighted by atomic mass is 10.2. The Labute approximate surface area is 171 Å². The van der Waals surface area contributed by atoms with Gasteiger partial charge >= 0.3 is 6.36 Å². The molecular formula is C19H18F3N3O4S. The van der Waals surface area contributed by atoms with Gasteiger partial charge in [-0.15, -0.1) is 23.4 Å². The van der Waals surface area contributed by atoms with Crippen LogP contribution in [0, 0.1) is 0 Å². The summed E-state index contributed by atoms with van der Waals surface area (Å²) in [5, 5.41) is 7.85. The highest BCUT2D eigenvalue weighted by Crippen LogP contribution is 2.27. The Morgan fingerprint density at radius 1 is 1.03 bits per heavy atom. The summed E-state index contributed by atoms with van der Waals surface area (Å²) in [5.74, 6) is -0.175. The summed E-state index contributed by atoms with van der Waals surface area (Å²) >= 11 is 0. The van der Waals surface area contributed by atoms with Gasteiger partial charge in [-0.05, 0) is 50.2 Å². The quantitative estimate of drug-likeness (QED) is 0.545. The van der Waals surface area contributed by atoms with E-state index in [4.69, 9.17) is 4.42 Å². The molecule has 1 aromatic heterocycles. The summed E-state index contributed by atoms with van der Waals surface area (Å²) in [4.78, 5) is -0.187. The maximum Gasteiger partial charge on any atom is 0.573 e. The van der Waals surface area contributed by atoms with E-state index in [9.17, 15) is 21.6 Å². The van der Waals surface area contributed by atoms with Gasteiger partial charge < -0.3 is 9.15 Å². The fourth-order valence-electron chi connectivity index (χ4n) is 2.64. The largest absolute Gasteiger partial charge is 0.573 e. The third-order valence-electron chi connectivity index (χ3n) is 4.02. The van der Waals surface area contributed by atoms with Gasteiger partial charge in [-0.2, -0.15) is 4.31 Å². The third-order valence-corrected chi connectivity index (χ3v) is 6.05. The van der Waals surface area contributed by atoms with E-state index >= 15 is 0 Å². The first-order valence-electron chi connectivity index (χ1n) is 8.82. The van der Waals surface area contributed by atoms with Gasteiger partial charge in [0.2, 0.25) is 21.8 Å². The number of hydrogen-bond acceptors (Lipinski definition) is 6. The zero-order valence-electron chi connectivity index (χ0n) is 16.0. The highest BCUT2D eigenvalue weighted by Gasteiger charge is 2.32. The second-order valence-corrected chi connectivity index (χ2v) is 8.42. The summed E-state index contributed by atoms with van der Waals surface area (Å²) in [5.41, 5.74) is 0.690. The van der Waals surface area contributed by atoms with E-state index in [1.807, 2.05) is 6.07 Å². The first kappa shape index (κ1) is 21.8. The number of aromatic nitrogens is 2. The van der Waals surface area contributed by atoms with Crippen molar-refractivity contribution in [2.45, 2.75) is 37.7 Å². The van der Waals surface area contributed by atoms with Gasteiger partial charge in [-0.1, -0.05) is 18.2 Å². The molecule has 0 aliphatic heterocycles. The first-order chi connectivity index (χ1) is 14.1. The summed E-state index contributed by atoms with van der Waals surface area (Å²) in [7, 11) is -4.05. The second kappa shape index (κ2) is 8.44. The summed E-state index contributed by atoms with van der Waals surface area (Å²) in [6.07, 6.45) is -4.86. The van der Waals surface area contributed by atoms with E-state index in [1.54, 1.807) is 38.1 Å². The van der Waals surface area contributed by atoms with Crippen LogP contribution >= 0.6 is 0 Å². The molecule has 7 nitrogen and oxygen atoms in total.